The van der Waals surface area contributed by atoms with Crippen LogP contribution in [-0.2, 0) is 14.8 Å². The number of esters is 1. The molecule has 1 aliphatic heterocycles. The summed E-state index contributed by atoms with van der Waals surface area (Å²) < 4.78 is 31.9. The first kappa shape index (κ1) is 18.2. The maximum Gasteiger partial charge on any atom is 0.337 e. The third-order valence-electron chi connectivity index (χ3n) is 4.04. The Balaban J connectivity index is 2.41. The lowest BCUT2D eigenvalue weighted by Crippen LogP contribution is -2.51. The molecule has 0 aromatic heterocycles. The van der Waals surface area contributed by atoms with Gasteiger partial charge in [-0.2, -0.15) is 4.31 Å². The van der Waals surface area contributed by atoms with Crippen LogP contribution >= 0.6 is 11.6 Å². The largest absolute Gasteiger partial charge is 0.465 e. The molecule has 0 amide bonds. The van der Waals surface area contributed by atoms with Crippen LogP contribution in [0.5, 0.6) is 0 Å². The fourth-order valence-corrected chi connectivity index (χ4v) is 5.13. The predicted octanol–water partition coefficient (Wildman–Crippen LogP) is 2.02. The molecule has 0 aliphatic carbocycles. The van der Waals surface area contributed by atoms with Gasteiger partial charge in [-0.25, -0.2) is 13.2 Å². The van der Waals surface area contributed by atoms with E-state index in [1.165, 1.54) is 29.6 Å². The lowest BCUT2D eigenvalue weighted by molar-refractivity contribution is 0.0600. The van der Waals surface area contributed by atoms with Crippen molar-refractivity contribution >= 4 is 27.6 Å². The van der Waals surface area contributed by atoms with Gasteiger partial charge < -0.3 is 10.5 Å². The average Bonchev–Trinajstić information content (AvgIpc) is 2.53. The van der Waals surface area contributed by atoms with Gasteiger partial charge in [0.15, 0.2) is 0 Å². The highest BCUT2D eigenvalue weighted by Gasteiger charge is 2.36. The molecule has 2 N–H and O–H groups in total. The number of benzene rings is 1. The summed E-state index contributed by atoms with van der Waals surface area (Å²) in [6.07, 6.45) is 2.47. The number of nitrogens with zero attached hydrogens (tertiary/aromatic N) is 1. The molecule has 2 atom stereocenters. The topological polar surface area (TPSA) is 89.7 Å². The Morgan fingerprint density at radius 2 is 2.13 bits per heavy atom. The first-order valence-corrected chi connectivity index (χ1v) is 9.26. The third-order valence-corrected chi connectivity index (χ3v) is 6.45. The van der Waals surface area contributed by atoms with Gasteiger partial charge in [0.1, 0.15) is 4.90 Å². The Hall–Kier alpha value is -1.15. The Morgan fingerprint density at radius 1 is 1.43 bits per heavy atom. The number of sulfonamides is 1. The van der Waals surface area contributed by atoms with Crippen molar-refractivity contribution < 1.29 is 17.9 Å². The van der Waals surface area contributed by atoms with E-state index in [9.17, 15) is 13.2 Å². The summed E-state index contributed by atoms with van der Waals surface area (Å²) in [7, 11) is -2.51. The van der Waals surface area contributed by atoms with E-state index in [-0.39, 0.29) is 27.6 Å². The van der Waals surface area contributed by atoms with E-state index >= 15 is 0 Å². The van der Waals surface area contributed by atoms with Crippen molar-refractivity contribution in [2.24, 2.45) is 5.73 Å². The molecule has 0 saturated carbocycles. The quantitative estimate of drug-likeness (QED) is 0.829. The summed E-state index contributed by atoms with van der Waals surface area (Å²) in [6.45, 7) is 2.23. The molecule has 0 radical (unpaired) electrons. The number of rotatable bonds is 4. The van der Waals surface area contributed by atoms with Crippen LogP contribution in [0.1, 0.15) is 36.5 Å². The van der Waals surface area contributed by atoms with E-state index in [0.717, 1.165) is 19.3 Å². The molecule has 8 heteroatoms. The Labute approximate surface area is 141 Å². The van der Waals surface area contributed by atoms with E-state index in [2.05, 4.69) is 4.74 Å². The second-order valence-electron chi connectivity index (χ2n) is 5.67. The molecule has 2 unspecified atom stereocenters. The molecule has 23 heavy (non-hydrogen) atoms. The number of ether oxygens (including phenoxy) is 1. The molecular weight excluding hydrogens is 340 g/mol. The zero-order valence-corrected chi connectivity index (χ0v) is 14.7. The average molecular weight is 361 g/mol. The van der Waals surface area contributed by atoms with Crippen molar-refractivity contribution in [3.63, 3.8) is 0 Å². The first-order chi connectivity index (χ1) is 10.8. The Bertz CT molecular complexity index is 691. The molecule has 0 spiro atoms. The van der Waals surface area contributed by atoms with Crippen molar-refractivity contribution in [1.82, 2.24) is 4.31 Å². The summed E-state index contributed by atoms with van der Waals surface area (Å²) in [5.41, 5.74) is 6.16. The predicted molar refractivity (Wildman–Crippen MR) is 88.0 cm³/mol. The van der Waals surface area contributed by atoms with E-state index in [0.29, 0.717) is 6.54 Å². The summed E-state index contributed by atoms with van der Waals surface area (Å²) in [5, 5.41) is 0.00176. The number of hydrogen-bond acceptors (Lipinski definition) is 5. The Morgan fingerprint density at radius 3 is 2.70 bits per heavy atom. The van der Waals surface area contributed by atoms with Gasteiger partial charge in [-0.15, -0.1) is 0 Å². The van der Waals surface area contributed by atoms with Crippen LogP contribution in [0.4, 0.5) is 0 Å². The second kappa shape index (κ2) is 7.17. The van der Waals surface area contributed by atoms with Gasteiger partial charge in [-0.1, -0.05) is 18.0 Å². The number of hydrogen-bond donors (Lipinski definition) is 1. The SMILES string of the molecule is COC(=O)c1ccc(S(=O)(=O)N2CCCCC2C(C)N)c(Cl)c1. The highest BCUT2D eigenvalue weighted by molar-refractivity contribution is 7.89. The summed E-state index contributed by atoms with van der Waals surface area (Å²) >= 11 is 6.12. The summed E-state index contributed by atoms with van der Waals surface area (Å²) in [5.74, 6) is -0.567. The van der Waals surface area contributed by atoms with Crippen LogP contribution in [0.25, 0.3) is 0 Å². The number of carbonyl (C=O) groups is 1. The summed E-state index contributed by atoms with van der Waals surface area (Å²) in [6, 6.07) is 3.54. The lowest BCUT2D eigenvalue weighted by Gasteiger charge is -2.37. The molecule has 1 aromatic carbocycles. The van der Waals surface area contributed by atoms with Crippen molar-refractivity contribution in [1.29, 1.82) is 0 Å². The molecule has 2 rings (SSSR count). The van der Waals surface area contributed by atoms with Gasteiger partial charge in [0, 0.05) is 18.6 Å². The highest BCUT2D eigenvalue weighted by atomic mass is 35.5. The molecule has 6 nitrogen and oxygen atoms in total. The molecule has 1 aromatic rings. The molecule has 1 saturated heterocycles. The standard InChI is InChI=1S/C15H21ClN2O4S/c1-10(17)13-5-3-4-8-18(13)23(20,21)14-7-6-11(9-12(14)16)15(19)22-2/h6-7,9-10,13H,3-5,8,17H2,1-2H3. The fraction of sp³-hybridized carbons (Fsp3) is 0.533. The first-order valence-electron chi connectivity index (χ1n) is 7.44. The number of methoxy groups -OCH3 is 1. The summed E-state index contributed by atoms with van der Waals surface area (Å²) in [4.78, 5) is 11.5. The minimum Gasteiger partial charge on any atom is -0.465 e. The van der Waals surface area contributed by atoms with Crippen LogP contribution in [0.15, 0.2) is 23.1 Å². The van der Waals surface area contributed by atoms with Crippen molar-refractivity contribution in [2.45, 2.75) is 43.2 Å². The molecule has 1 aliphatic rings. The maximum atomic E-state index is 12.9. The number of halogens is 1. The molecule has 1 heterocycles. The third kappa shape index (κ3) is 3.68. The van der Waals surface area contributed by atoms with Crippen LogP contribution in [0, 0.1) is 0 Å². The minimum atomic E-state index is -3.77. The van der Waals surface area contributed by atoms with Gasteiger partial charge in [0.25, 0.3) is 0 Å². The van der Waals surface area contributed by atoms with Crippen molar-refractivity contribution in [3.8, 4) is 0 Å². The number of nitrogens with two attached hydrogens (primary N) is 1. The minimum absolute atomic E-state index is 0.00176. The van der Waals surface area contributed by atoms with E-state index < -0.39 is 16.0 Å². The zero-order chi connectivity index (χ0) is 17.2. The van der Waals surface area contributed by atoms with Gasteiger partial charge in [-0.3, -0.25) is 0 Å². The lowest BCUT2D eigenvalue weighted by atomic mass is 10.00. The van der Waals surface area contributed by atoms with Crippen LogP contribution < -0.4 is 5.73 Å². The van der Waals surface area contributed by atoms with Gasteiger partial charge in [0.05, 0.1) is 17.7 Å². The number of carbonyl (C=O) groups excluding carboxylic acids is 1. The maximum absolute atomic E-state index is 12.9. The Kier molecular flexibility index (Phi) is 5.67. The molecule has 128 valence electrons. The van der Waals surface area contributed by atoms with Crippen molar-refractivity contribution in [3.05, 3.63) is 28.8 Å². The van der Waals surface area contributed by atoms with E-state index in [1.54, 1.807) is 6.92 Å². The normalized spacial score (nSPS) is 21.0. The molecule has 1 fully saturated rings. The van der Waals surface area contributed by atoms with Crippen LogP contribution in [0.2, 0.25) is 5.02 Å². The van der Waals surface area contributed by atoms with Crippen LogP contribution in [0.3, 0.4) is 0 Å². The van der Waals surface area contributed by atoms with E-state index in [1.807, 2.05) is 0 Å². The van der Waals surface area contributed by atoms with Crippen LogP contribution in [-0.4, -0.2) is 44.4 Å². The second-order valence-corrected chi connectivity index (χ2v) is 7.94. The number of piperidine rings is 1. The molecule has 0 bridgehead atoms. The highest BCUT2D eigenvalue weighted by Crippen LogP contribution is 2.31. The fourth-order valence-electron chi connectivity index (χ4n) is 2.84. The van der Waals surface area contributed by atoms with Gasteiger partial charge >= 0.3 is 5.97 Å². The van der Waals surface area contributed by atoms with Gasteiger partial charge in [0.2, 0.25) is 10.0 Å². The van der Waals surface area contributed by atoms with Crippen molar-refractivity contribution in [2.75, 3.05) is 13.7 Å². The van der Waals surface area contributed by atoms with E-state index in [4.69, 9.17) is 17.3 Å². The molecular formula is C15H21ClN2O4S. The monoisotopic (exact) mass is 360 g/mol. The van der Waals surface area contributed by atoms with Gasteiger partial charge in [-0.05, 0) is 38.0 Å². The zero-order valence-electron chi connectivity index (χ0n) is 13.2. The smallest absolute Gasteiger partial charge is 0.337 e.